The van der Waals surface area contributed by atoms with Crippen molar-refractivity contribution in [1.82, 2.24) is 5.32 Å². The molecule has 5 N–H and O–H groups in total. The van der Waals surface area contributed by atoms with Crippen molar-refractivity contribution in [3.05, 3.63) is 163 Å². The van der Waals surface area contributed by atoms with Gasteiger partial charge in [-0.1, -0.05) is 174 Å². The lowest BCUT2D eigenvalue weighted by atomic mass is 9.76. The molecule has 0 saturated carbocycles. The minimum atomic E-state index is -0.828. The first-order valence-corrected chi connectivity index (χ1v) is 37.6. The van der Waals surface area contributed by atoms with Crippen molar-refractivity contribution >= 4 is 23.1 Å². The van der Waals surface area contributed by atoms with Gasteiger partial charge in [0.15, 0.2) is 28.8 Å². The Hall–Kier alpha value is -6.72. The van der Waals surface area contributed by atoms with E-state index in [4.69, 9.17) is 33.2 Å². The summed E-state index contributed by atoms with van der Waals surface area (Å²) in [5, 5.41) is 45.3. The molecule has 5 rings (SSSR count). The third-order valence-corrected chi connectivity index (χ3v) is 20.7. The van der Waals surface area contributed by atoms with Crippen LogP contribution in [0.3, 0.4) is 0 Å². The molecule has 0 aliphatic heterocycles. The van der Waals surface area contributed by atoms with Gasteiger partial charge in [0, 0.05) is 54.4 Å². The van der Waals surface area contributed by atoms with E-state index in [0.717, 1.165) is 57.8 Å². The molecule has 12 atom stereocenters. The van der Waals surface area contributed by atoms with Crippen LogP contribution in [0.15, 0.2) is 158 Å². The molecule has 4 aliphatic rings. The Labute approximate surface area is 622 Å². The number of ketones is 4. The van der Waals surface area contributed by atoms with Crippen LogP contribution < -0.4 is 5.32 Å². The van der Waals surface area contributed by atoms with Crippen LogP contribution in [0.4, 0.5) is 0 Å². The molecule has 0 bridgehead atoms. The maximum absolute atomic E-state index is 12.6. The number of carbonyl (C=O) groups excluding carboxylic acids is 4. The van der Waals surface area contributed by atoms with E-state index < -0.39 is 24.4 Å². The average Bonchev–Trinajstić information content (AvgIpc) is 0.814. The van der Waals surface area contributed by atoms with Crippen molar-refractivity contribution in [2.24, 2.45) is 52.8 Å². The summed E-state index contributed by atoms with van der Waals surface area (Å²) in [5.41, 5.74) is 11.5. The summed E-state index contributed by atoms with van der Waals surface area (Å²) in [6.45, 7) is 33.6. The molecule has 0 fully saturated rings. The van der Waals surface area contributed by atoms with Crippen molar-refractivity contribution in [2.45, 2.75) is 251 Å². The Morgan fingerprint density at radius 2 is 0.728 bits per heavy atom. The Morgan fingerprint density at radius 3 is 1.06 bits per heavy atom. The Balaban J connectivity index is 0.000000470. The number of hydrogen-bond donors (Lipinski definition) is 5. The maximum Gasteiger partial charge on any atom is 0.204 e. The van der Waals surface area contributed by atoms with Gasteiger partial charge in [0.2, 0.25) is 34.6 Å². The van der Waals surface area contributed by atoms with Gasteiger partial charge >= 0.3 is 0 Å². The average molecular weight is 1440 g/mol. The van der Waals surface area contributed by atoms with Crippen LogP contribution in [0.25, 0.3) is 0 Å². The number of allylic oxidation sites excluding steroid dienone is 18. The maximum atomic E-state index is 12.6. The molecule has 0 heterocycles. The monoisotopic (exact) mass is 1440 g/mol. The first-order valence-electron chi connectivity index (χ1n) is 37.6. The normalized spacial score (nSPS) is 24.7. The number of aryl methyl sites for hydroxylation is 1. The van der Waals surface area contributed by atoms with Crippen molar-refractivity contribution in [1.29, 1.82) is 0 Å². The number of benzene rings is 1. The zero-order chi connectivity index (χ0) is 77.8. The van der Waals surface area contributed by atoms with Crippen LogP contribution in [-0.4, -0.2) is 125 Å². The second-order valence-electron chi connectivity index (χ2n) is 30.2. The Kier molecular flexibility index (Phi) is 42.8. The molecule has 0 spiro atoms. The van der Waals surface area contributed by atoms with Gasteiger partial charge in [-0.15, -0.1) is 0 Å². The number of carbonyl (C=O) groups is 4. The number of unbranched alkanes of at least 4 members (excludes halogenated alkanes) is 1. The van der Waals surface area contributed by atoms with E-state index in [9.17, 15) is 39.6 Å². The number of Topliss-reactive ketones (excluding diaryl/α,β-unsaturated/α-hetero) is 4. The van der Waals surface area contributed by atoms with Crippen LogP contribution in [-0.2, 0) is 58.8 Å². The van der Waals surface area contributed by atoms with Crippen molar-refractivity contribution in [3.63, 3.8) is 0 Å². The number of aliphatic hydroxyl groups excluding tert-OH is 4. The smallest absolute Gasteiger partial charge is 0.204 e. The number of hydrogen-bond acceptors (Lipinski definition) is 16. The second kappa shape index (κ2) is 47.7. The Morgan fingerprint density at radius 1 is 0.417 bits per heavy atom. The van der Waals surface area contributed by atoms with Crippen LogP contribution in [0.1, 0.15) is 225 Å². The minimum absolute atomic E-state index is 0.00984. The molecule has 4 aliphatic carbocycles. The highest BCUT2D eigenvalue weighted by Gasteiger charge is 2.45. The van der Waals surface area contributed by atoms with Gasteiger partial charge in [-0.25, -0.2) is 0 Å². The zero-order valence-corrected chi connectivity index (χ0v) is 67.9. The molecule has 1 aromatic carbocycles. The highest BCUT2D eigenvalue weighted by molar-refractivity contribution is 5.99. The molecule has 0 saturated heterocycles. The largest absolute Gasteiger partial charge is 0.496 e. The number of likely N-dealkylation sites (N-methyl/N-ethyl adjacent to an activating group) is 1. The standard InChI is InChI=1S/C25H42O4.C24H39NO3.C21H28O4.C17H28O4/c1-17(13-10-16-25(4,5)6)11-9-12-18(2)14-15-20-19(3)21(26)23(28-7)24(29-8)22(20)27;1-16(2)10-8-11-17(3)12-9-13-18(4)14-15-20-19(5)22(26)21(25-6)24(28-7)23(20)27;1-14(10-12-16-8-6-5-7-9-16)11-13-17-15(2)18(22)20(24-3)21(25-4)19(17)23;1-6-7-8-11(2)9-10-13-12(3)14(18)16(20-4)17(21-5)15(13)19/h11,14,19-20,22,27H,9-10,12-13,15-16H2,1-8H3;10,12,14,19-20,23,25,27H,8-9,11,13,15H2,1-7H3;5-9,11,15,17,19,23H,10,12-13H2,1-4H3;9,12-13,15,19H,6-8,10H2,1-5H3/b17-11+,18-14+;17-12+,18-14+;14-11+;11-9+. The summed E-state index contributed by atoms with van der Waals surface area (Å²) in [6, 6.07) is 10.4. The molecule has 16 heteroatoms. The predicted octanol–water partition coefficient (Wildman–Crippen LogP) is 17.9. The molecule has 0 amide bonds. The van der Waals surface area contributed by atoms with Crippen LogP contribution in [0.5, 0.6) is 0 Å². The molecule has 103 heavy (non-hydrogen) atoms. The van der Waals surface area contributed by atoms with E-state index in [0.29, 0.717) is 42.6 Å². The SMILES string of the molecule is CCCC/C(C)=C/CC1C(C)C(=O)C(OC)=C(OC)C1O.CNC1=C(OC)C(O)C(C/C=C(\C)CC/C=C(\C)CCC=C(C)C)C(C)C1=O.COC1=C(OC)C(O)C(C/C=C(\C)CC/C=C(\C)CCCC(C)(C)C)C(C)C1=O.COC1=C(OC)C(O)C(C/C=C(\C)CCc2ccccc2)C(C)C1=O. The molecule has 1 aromatic rings. The van der Waals surface area contributed by atoms with Crippen LogP contribution >= 0.6 is 0 Å². The molecule has 0 aromatic heterocycles. The predicted molar refractivity (Wildman–Crippen MR) is 417 cm³/mol. The number of nitrogens with one attached hydrogen (secondary N) is 1. The summed E-state index contributed by atoms with van der Waals surface area (Å²) in [7, 11) is 11.9. The van der Waals surface area contributed by atoms with Crippen LogP contribution in [0, 0.1) is 52.8 Å². The second-order valence-corrected chi connectivity index (χ2v) is 30.2. The van der Waals surface area contributed by atoms with E-state index in [1.807, 2.05) is 45.9 Å². The molecule has 0 radical (unpaired) electrons. The van der Waals surface area contributed by atoms with Gasteiger partial charge in [-0.05, 0) is 176 Å². The van der Waals surface area contributed by atoms with Gasteiger partial charge in [-0.3, -0.25) is 19.2 Å². The summed E-state index contributed by atoms with van der Waals surface area (Å²) >= 11 is 0. The lowest BCUT2D eigenvalue weighted by molar-refractivity contribution is -0.128. The van der Waals surface area contributed by atoms with Crippen molar-refractivity contribution in [3.8, 4) is 0 Å². The van der Waals surface area contributed by atoms with Gasteiger partial charge in [-0.2, -0.15) is 0 Å². The Bertz CT molecular complexity index is 3190. The quantitative estimate of drug-likeness (QED) is 0.0404. The van der Waals surface area contributed by atoms with Gasteiger partial charge in [0.25, 0.3) is 0 Å². The molecular weight excluding hydrogens is 1300 g/mol. The van der Waals surface area contributed by atoms with Crippen LogP contribution in [0.2, 0.25) is 0 Å². The van der Waals surface area contributed by atoms with Gasteiger partial charge in [0.05, 0.1) is 49.8 Å². The van der Waals surface area contributed by atoms with Crippen molar-refractivity contribution in [2.75, 3.05) is 56.8 Å². The number of rotatable bonds is 34. The van der Waals surface area contributed by atoms with Gasteiger partial charge in [0.1, 0.15) is 30.1 Å². The summed E-state index contributed by atoms with van der Waals surface area (Å²) in [6.07, 6.45) is 30.3. The summed E-state index contributed by atoms with van der Waals surface area (Å²) < 4.78 is 36.4. The fraction of sp³-hybridized carbons (Fsp3) is 0.632. The van der Waals surface area contributed by atoms with E-state index >= 15 is 0 Å². The topological polar surface area (TPSA) is 226 Å². The third kappa shape index (κ3) is 29.6. The fourth-order valence-corrected chi connectivity index (χ4v) is 13.6. The lowest BCUT2D eigenvalue weighted by Crippen LogP contribution is -2.42. The number of methoxy groups -OCH3 is 7. The third-order valence-electron chi connectivity index (χ3n) is 20.7. The summed E-state index contributed by atoms with van der Waals surface area (Å²) in [4.78, 5) is 49.8. The molecule has 580 valence electrons. The molecular formula is C87H137NO15. The minimum Gasteiger partial charge on any atom is -0.496 e. The van der Waals surface area contributed by atoms with Gasteiger partial charge < -0.3 is 58.9 Å². The highest BCUT2D eigenvalue weighted by atomic mass is 16.5. The van der Waals surface area contributed by atoms with E-state index in [1.165, 1.54) is 126 Å². The lowest BCUT2D eigenvalue weighted by Gasteiger charge is -2.34. The zero-order valence-electron chi connectivity index (χ0n) is 67.9. The van der Waals surface area contributed by atoms with E-state index in [1.54, 1.807) is 7.05 Å². The van der Waals surface area contributed by atoms with E-state index in [-0.39, 0.29) is 105 Å². The first-order chi connectivity index (χ1) is 48.7. The fourth-order valence-electron chi connectivity index (χ4n) is 13.6. The van der Waals surface area contributed by atoms with E-state index in [2.05, 4.69) is 143 Å². The number of aliphatic hydroxyl groups is 4. The highest BCUT2D eigenvalue weighted by Crippen LogP contribution is 2.40. The summed E-state index contributed by atoms with van der Waals surface area (Å²) in [5.74, 6) is -0.567. The number of ether oxygens (including phenoxy) is 7. The van der Waals surface area contributed by atoms with Crippen molar-refractivity contribution < 1.29 is 72.8 Å². The molecule has 12 unspecified atom stereocenters. The molecule has 16 nitrogen and oxygen atoms in total. The first kappa shape index (κ1) is 92.4.